The Morgan fingerprint density at radius 1 is 1.50 bits per heavy atom. The fourth-order valence-electron chi connectivity index (χ4n) is 1.82. The number of pyridine rings is 1. The van der Waals surface area contributed by atoms with Crippen molar-refractivity contribution < 1.29 is 4.79 Å². The van der Waals surface area contributed by atoms with Crippen LogP contribution < -0.4 is 0 Å². The highest BCUT2D eigenvalue weighted by atomic mass is 16.1. The summed E-state index contributed by atoms with van der Waals surface area (Å²) in [5, 5.41) is 0. The summed E-state index contributed by atoms with van der Waals surface area (Å²) < 4.78 is 0. The number of aryl methyl sites for hydroxylation is 1. The van der Waals surface area contributed by atoms with Crippen LogP contribution in [0, 0.1) is 12.8 Å². The molecule has 0 aromatic carbocycles. The van der Waals surface area contributed by atoms with E-state index in [9.17, 15) is 4.79 Å². The first-order valence-electron chi connectivity index (χ1n) is 5.79. The largest absolute Gasteiger partial charge is 0.298 e. The lowest BCUT2D eigenvalue weighted by Crippen LogP contribution is -2.26. The second kappa shape index (κ2) is 4.74. The van der Waals surface area contributed by atoms with E-state index in [0.717, 1.165) is 30.8 Å². The topological polar surface area (TPSA) is 33.2 Å². The predicted octanol–water partition coefficient (Wildman–Crippen LogP) is 1.80. The molecule has 0 bridgehead atoms. The van der Waals surface area contributed by atoms with E-state index < -0.39 is 0 Å². The van der Waals surface area contributed by atoms with Crippen molar-refractivity contribution in [1.29, 1.82) is 0 Å². The van der Waals surface area contributed by atoms with Crippen LogP contribution in [0.15, 0.2) is 18.2 Å². The molecule has 0 radical (unpaired) electrons. The maximum atomic E-state index is 11.6. The van der Waals surface area contributed by atoms with E-state index in [2.05, 4.69) is 4.98 Å². The number of hydrogen-bond donors (Lipinski definition) is 0. The zero-order valence-corrected chi connectivity index (χ0v) is 9.94. The summed E-state index contributed by atoms with van der Waals surface area (Å²) in [5.41, 5.74) is 2.06. The summed E-state index contributed by atoms with van der Waals surface area (Å²) in [4.78, 5) is 18.1. The number of ketones is 1. The zero-order chi connectivity index (χ0) is 11.5. The molecule has 0 unspecified atom stereocenters. The van der Waals surface area contributed by atoms with Crippen molar-refractivity contribution in [3.05, 3.63) is 29.6 Å². The fourth-order valence-corrected chi connectivity index (χ4v) is 1.82. The molecule has 1 fully saturated rings. The third-order valence-electron chi connectivity index (χ3n) is 2.84. The molecule has 0 N–H and O–H groups in total. The maximum Gasteiger partial charge on any atom is 0.149 e. The van der Waals surface area contributed by atoms with Gasteiger partial charge in [0.2, 0.25) is 0 Å². The molecular weight excluding hydrogens is 200 g/mol. The van der Waals surface area contributed by atoms with Gasteiger partial charge in [-0.2, -0.15) is 0 Å². The molecule has 2 rings (SSSR count). The van der Waals surface area contributed by atoms with Gasteiger partial charge in [0.15, 0.2) is 0 Å². The smallest absolute Gasteiger partial charge is 0.149 e. The Balaban J connectivity index is 1.86. The van der Waals surface area contributed by atoms with E-state index in [1.54, 1.807) is 0 Å². The highest BCUT2D eigenvalue weighted by Crippen LogP contribution is 2.29. The van der Waals surface area contributed by atoms with Gasteiger partial charge in [-0.05, 0) is 38.9 Å². The zero-order valence-electron chi connectivity index (χ0n) is 9.94. The van der Waals surface area contributed by atoms with Crippen LogP contribution in [0.1, 0.15) is 24.2 Å². The average molecular weight is 218 g/mol. The Kier molecular flexibility index (Phi) is 3.34. The van der Waals surface area contributed by atoms with Crippen LogP contribution >= 0.6 is 0 Å². The van der Waals surface area contributed by atoms with E-state index in [-0.39, 0.29) is 0 Å². The van der Waals surface area contributed by atoms with Crippen molar-refractivity contribution in [1.82, 2.24) is 9.88 Å². The number of likely N-dealkylation sites (N-methyl/N-ethyl adjacent to an activating group) is 1. The molecule has 0 amide bonds. The molecule has 0 atom stereocenters. The molecule has 1 aromatic heterocycles. The van der Waals surface area contributed by atoms with Crippen molar-refractivity contribution in [2.24, 2.45) is 5.92 Å². The number of nitrogens with zero attached hydrogens (tertiary/aromatic N) is 2. The normalized spacial score (nSPS) is 15.4. The van der Waals surface area contributed by atoms with Gasteiger partial charge in [0.25, 0.3) is 0 Å². The molecule has 86 valence electrons. The summed E-state index contributed by atoms with van der Waals surface area (Å²) in [7, 11) is 1.98. The van der Waals surface area contributed by atoms with Crippen LogP contribution in [0.2, 0.25) is 0 Å². The monoisotopic (exact) mass is 218 g/mol. The molecule has 3 nitrogen and oxygen atoms in total. The number of carbonyl (C=O) groups excluding carboxylic acids is 1. The molecular formula is C13H18N2O. The van der Waals surface area contributed by atoms with E-state index >= 15 is 0 Å². The third-order valence-corrected chi connectivity index (χ3v) is 2.84. The second-order valence-electron chi connectivity index (χ2n) is 4.68. The molecule has 3 heteroatoms. The van der Waals surface area contributed by atoms with Gasteiger partial charge in [-0.3, -0.25) is 14.7 Å². The van der Waals surface area contributed by atoms with Gasteiger partial charge in [-0.15, -0.1) is 0 Å². The molecule has 0 aliphatic heterocycles. The van der Waals surface area contributed by atoms with Crippen LogP contribution in [-0.2, 0) is 11.3 Å². The van der Waals surface area contributed by atoms with Gasteiger partial charge in [-0.1, -0.05) is 6.07 Å². The molecule has 0 saturated heterocycles. The number of Topliss-reactive ketones (excluding diaryl/α,β-unsaturated/α-hetero) is 1. The van der Waals surface area contributed by atoms with Gasteiger partial charge >= 0.3 is 0 Å². The number of carbonyl (C=O) groups is 1. The molecule has 16 heavy (non-hydrogen) atoms. The number of hydrogen-bond acceptors (Lipinski definition) is 3. The highest BCUT2D eigenvalue weighted by molar-refractivity contribution is 5.84. The Bertz CT molecular complexity index is 385. The van der Waals surface area contributed by atoms with Crippen LogP contribution in [-0.4, -0.2) is 29.3 Å². The summed E-state index contributed by atoms with van der Waals surface area (Å²) in [6.45, 7) is 3.29. The molecule has 1 saturated carbocycles. The predicted molar refractivity (Wildman–Crippen MR) is 63.0 cm³/mol. The van der Waals surface area contributed by atoms with Crippen molar-refractivity contribution in [3.8, 4) is 0 Å². The lowest BCUT2D eigenvalue weighted by Gasteiger charge is -2.15. The Labute approximate surface area is 96.5 Å². The van der Waals surface area contributed by atoms with Crippen molar-refractivity contribution in [2.45, 2.75) is 26.3 Å². The number of rotatable bonds is 5. The molecule has 1 aliphatic carbocycles. The van der Waals surface area contributed by atoms with E-state index in [4.69, 9.17) is 0 Å². The summed E-state index contributed by atoms with van der Waals surface area (Å²) in [5.74, 6) is 0.739. The third kappa shape index (κ3) is 3.14. The minimum absolute atomic E-state index is 0.355. The molecule has 1 heterocycles. The van der Waals surface area contributed by atoms with Gasteiger partial charge in [-0.25, -0.2) is 0 Å². The first kappa shape index (κ1) is 11.3. The van der Waals surface area contributed by atoms with Gasteiger partial charge < -0.3 is 0 Å². The molecule has 1 aromatic rings. The lowest BCUT2D eigenvalue weighted by molar-refractivity contribution is -0.121. The van der Waals surface area contributed by atoms with Gasteiger partial charge in [0.05, 0.1) is 12.2 Å². The van der Waals surface area contributed by atoms with Crippen LogP contribution in [0.3, 0.4) is 0 Å². The Morgan fingerprint density at radius 3 is 2.88 bits per heavy atom. The molecule has 0 spiro atoms. The van der Waals surface area contributed by atoms with E-state index in [1.807, 2.05) is 37.1 Å². The Hall–Kier alpha value is -1.22. The SMILES string of the molecule is Cc1cccc(CN(C)CC(=O)C2CC2)n1. The Morgan fingerprint density at radius 2 is 2.25 bits per heavy atom. The first-order chi connectivity index (χ1) is 7.65. The summed E-state index contributed by atoms with van der Waals surface area (Å²) in [6.07, 6.45) is 2.19. The first-order valence-corrected chi connectivity index (χ1v) is 5.79. The fraction of sp³-hybridized carbons (Fsp3) is 0.538. The summed E-state index contributed by atoms with van der Waals surface area (Å²) in [6, 6.07) is 6.00. The van der Waals surface area contributed by atoms with Crippen molar-refractivity contribution >= 4 is 5.78 Å². The average Bonchev–Trinajstić information content (AvgIpc) is 2.99. The van der Waals surface area contributed by atoms with Gasteiger partial charge in [0, 0.05) is 18.2 Å². The van der Waals surface area contributed by atoms with Crippen LogP contribution in [0.25, 0.3) is 0 Å². The van der Waals surface area contributed by atoms with Crippen LogP contribution in [0.4, 0.5) is 0 Å². The van der Waals surface area contributed by atoms with Crippen molar-refractivity contribution in [3.63, 3.8) is 0 Å². The van der Waals surface area contributed by atoms with E-state index in [0.29, 0.717) is 18.2 Å². The lowest BCUT2D eigenvalue weighted by atomic mass is 10.2. The van der Waals surface area contributed by atoms with Gasteiger partial charge in [0.1, 0.15) is 5.78 Å². The van der Waals surface area contributed by atoms with Crippen molar-refractivity contribution in [2.75, 3.05) is 13.6 Å². The quantitative estimate of drug-likeness (QED) is 0.755. The highest BCUT2D eigenvalue weighted by Gasteiger charge is 2.29. The minimum atomic E-state index is 0.355. The second-order valence-corrected chi connectivity index (χ2v) is 4.68. The van der Waals surface area contributed by atoms with E-state index in [1.165, 1.54) is 0 Å². The molecule has 1 aliphatic rings. The standard InChI is InChI=1S/C13H18N2O/c1-10-4-3-5-12(14-10)8-15(2)9-13(16)11-6-7-11/h3-5,11H,6-9H2,1-2H3. The number of aromatic nitrogens is 1. The minimum Gasteiger partial charge on any atom is -0.298 e. The maximum absolute atomic E-state index is 11.6. The summed E-state index contributed by atoms with van der Waals surface area (Å²) >= 11 is 0. The van der Waals surface area contributed by atoms with Crippen LogP contribution in [0.5, 0.6) is 0 Å².